The van der Waals surface area contributed by atoms with Crippen LogP contribution in [0.3, 0.4) is 0 Å². The number of aliphatic hydroxyl groups excluding tert-OH is 1. The van der Waals surface area contributed by atoms with E-state index in [0.717, 1.165) is 19.2 Å². The molecule has 4 aliphatic rings. The van der Waals surface area contributed by atoms with Gasteiger partial charge in [-0.25, -0.2) is 19.5 Å². The molecule has 4 N–H and O–H groups in total. The largest absolute Gasteiger partial charge is 0.506 e. The highest BCUT2D eigenvalue weighted by atomic mass is 19.4. The zero-order chi connectivity index (χ0) is 72.7. The fraction of sp³-hybridized carbons (Fsp3) is 0.227. The van der Waals surface area contributed by atoms with Crippen molar-refractivity contribution in [3.8, 4) is 11.5 Å². The van der Waals surface area contributed by atoms with Crippen molar-refractivity contribution in [3.63, 3.8) is 0 Å². The average molecular weight is 1400 g/mol. The maximum atomic E-state index is 16.0. The van der Waals surface area contributed by atoms with E-state index in [1.807, 2.05) is 0 Å². The van der Waals surface area contributed by atoms with Crippen LogP contribution in [-0.4, -0.2) is 132 Å². The number of ether oxygens (including phenoxy) is 1. The Morgan fingerprint density at radius 1 is 0.414 bits per heavy atom. The smallest absolute Gasteiger partial charge is 0.411 e. The molecular formula is C66H42F15N5O13. The number of fused-ring (bicyclic) bond motifs is 4. The number of carbonyl (C=O) groups is 9. The lowest BCUT2D eigenvalue weighted by atomic mass is 9.71. The Labute approximate surface area is 545 Å². The lowest BCUT2D eigenvalue weighted by Crippen LogP contribution is -2.55. The molecule has 99 heavy (non-hydrogen) atoms. The molecule has 7 aromatic carbocycles. The molecule has 0 fully saturated rings. The molecule has 7 aromatic rings. The van der Waals surface area contributed by atoms with Crippen LogP contribution in [0, 0.1) is 0 Å². The van der Waals surface area contributed by atoms with E-state index in [-0.39, 0.29) is 95.6 Å². The number of nitrogens with one attached hydrogen (secondary N) is 1. The van der Waals surface area contributed by atoms with Crippen LogP contribution in [-0.2, 0) is 21.0 Å². The minimum atomic E-state index is -6.51. The number of hydrogen-bond acceptors (Lipinski definition) is 14. The maximum Gasteiger partial charge on any atom is 0.411 e. The number of aliphatic hydroxyl groups is 1. The summed E-state index contributed by atoms with van der Waals surface area (Å²) in [7, 11) is 2.26. The quantitative estimate of drug-likeness (QED) is 0.0323. The third kappa shape index (κ3) is 10.2. The number of unbranched alkanes of at least 4 members (excludes halogenated alkanes) is 1. The molecule has 0 aromatic heterocycles. The van der Waals surface area contributed by atoms with E-state index in [1.165, 1.54) is 13.1 Å². The number of phenolic OH excluding ortho intramolecular Hbond substituents is 2. The second kappa shape index (κ2) is 23.3. The first kappa shape index (κ1) is 69.2. The number of rotatable bonds is 15. The number of esters is 1. The Bertz CT molecular complexity index is 4710. The summed E-state index contributed by atoms with van der Waals surface area (Å²) in [6, 6.07) is 8.72. The van der Waals surface area contributed by atoms with E-state index in [2.05, 4.69) is 5.32 Å². The zero-order valence-electron chi connectivity index (χ0n) is 50.3. The number of carbonyl (C=O) groups excluding carboxylic acids is 9. The third-order valence-corrected chi connectivity index (χ3v) is 17.8. The van der Waals surface area contributed by atoms with Gasteiger partial charge < -0.3 is 25.4 Å². The number of benzene rings is 7. The number of halogens is 15. The Kier molecular flexibility index (Phi) is 16.3. The fourth-order valence-electron chi connectivity index (χ4n) is 12.6. The Morgan fingerprint density at radius 2 is 0.747 bits per heavy atom. The van der Waals surface area contributed by atoms with Crippen LogP contribution in [0.5, 0.6) is 11.5 Å². The molecule has 4 aliphatic heterocycles. The molecule has 18 nitrogen and oxygen atoms in total. The second-order valence-electron chi connectivity index (χ2n) is 23.2. The molecule has 11 rings (SSSR count). The summed E-state index contributed by atoms with van der Waals surface area (Å²) >= 11 is 0. The molecule has 1 atom stereocenters. The number of amides is 8. The van der Waals surface area contributed by atoms with Crippen molar-refractivity contribution in [2.75, 3.05) is 47.3 Å². The number of nitrogens with zero attached hydrogens (tertiary/aromatic N) is 4. The van der Waals surface area contributed by atoms with Crippen molar-refractivity contribution in [2.45, 2.75) is 66.9 Å². The van der Waals surface area contributed by atoms with E-state index < -0.39 is 207 Å². The second-order valence-corrected chi connectivity index (χ2v) is 23.2. The van der Waals surface area contributed by atoms with Gasteiger partial charge in [0.2, 0.25) is 10.8 Å². The van der Waals surface area contributed by atoms with E-state index in [9.17, 15) is 53.4 Å². The van der Waals surface area contributed by atoms with Crippen molar-refractivity contribution in [1.82, 2.24) is 4.90 Å². The first-order valence-electron chi connectivity index (χ1n) is 28.7. The monoisotopic (exact) mass is 1400 g/mol. The molecule has 8 amide bonds. The normalized spacial score (nSPS) is 15.9. The lowest BCUT2D eigenvalue weighted by molar-refractivity contribution is -0.290. The number of alkyl halides is 15. The average Bonchev–Trinajstić information content (AvgIpc) is 1.68. The van der Waals surface area contributed by atoms with Crippen LogP contribution in [0.2, 0.25) is 0 Å². The van der Waals surface area contributed by atoms with Crippen LogP contribution in [0.1, 0.15) is 146 Å². The van der Waals surface area contributed by atoms with Gasteiger partial charge in [0.1, 0.15) is 16.9 Å². The van der Waals surface area contributed by atoms with Gasteiger partial charge in [0.25, 0.3) is 47.3 Å². The van der Waals surface area contributed by atoms with Gasteiger partial charge in [0.15, 0.2) is 0 Å². The summed E-state index contributed by atoms with van der Waals surface area (Å²) in [5, 5.41) is 34.0. The molecule has 33 heteroatoms. The first-order chi connectivity index (χ1) is 46.1. The van der Waals surface area contributed by atoms with Crippen LogP contribution in [0.15, 0.2) is 127 Å². The number of hydrogen-bond donors (Lipinski definition) is 4. The summed E-state index contributed by atoms with van der Waals surface area (Å²) in [6.45, 7) is -0.0385. The Morgan fingerprint density at radius 3 is 1.11 bits per heavy atom. The molecule has 0 bridgehead atoms. The zero-order valence-corrected chi connectivity index (χ0v) is 50.3. The molecule has 0 spiro atoms. The third-order valence-electron chi connectivity index (χ3n) is 17.8. The van der Waals surface area contributed by atoms with Gasteiger partial charge in [-0.15, -0.1) is 0 Å². The summed E-state index contributed by atoms with van der Waals surface area (Å²) in [5.41, 5.74) is -34.0. The van der Waals surface area contributed by atoms with E-state index in [0.29, 0.717) is 77.4 Å². The van der Waals surface area contributed by atoms with Gasteiger partial charge in [0.05, 0.1) is 73.7 Å². The van der Waals surface area contributed by atoms with E-state index >= 15 is 65.9 Å². The topological polar surface area (TPSA) is 249 Å². The first-order valence-corrected chi connectivity index (χ1v) is 28.7. The Balaban J connectivity index is 0.938. The number of imide groups is 4. The predicted octanol–water partition coefficient (Wildman–Crippen LogP) is 12.4. The summed E-state index contributed by atoms with van der Waals surface area (Å²) in [6.07, 6.45) is -31.0. The molecule has 0 saturated heterocycles. The van der Waals surface area contributed by atoms with Gasteiger partial charge in [-0.3, -0.25) is 43.3 Å². The highest BCUT2D eigenvalue weighted by Gasteiger charge is 2.74. The fourth-order valence-corrected chi connectivity index (χ4v) is 12.6. The van der Waals surface area contributed by atoms with E-state index in [4.69, 9.17) is 9.84 Å². The lowest BCUT2D eigenvalue weighted by Gasteiger charge is -2.38. The molecule has 1 unspecified atom stereocenters. The minimum absolute atomic E-state index is 0.00981. The van der Waals surface area contributed by atoms with Gasteiger partial charge in [0, 0.05) is 26.4 Å². The highest BCUT2D eigenvalue weighted by molar-refractivity contribution is 6.37. The molecule has 0 aliphatic carbocycles. The molecule has 0 radical (unpaired) electrons. The number of anilines is 4. The van der Waals surface area contributed by atoms with Crippen molar-refractivity contribution < 1.29 is 129 Å². The van der Waals surface area contributed by atoms with Crippen molar-refractivity contribution in [1.29, 1.82) is 0 Å². The van der Waals surface area contributed by atoms with Gasteiger partial charge in [-0.1, -0.05) is 36.4 Å². The molecule has 4 heterocycles. The number of aromatic hydroxyl groups is 2. The SMILES string of the molecule is CNc1cc(C(=O)OCCCCO)cc(N2C(=O)c3ccc(C(c4ccc5c(c4)C(=O)N(c4cc(C(C)(c6ccc(O)c(N7C(=O)c8ccc(C(c9ccc%10c(c9)C(=O)N(C)C%10=O)(C(F)(F)F)C(F)(F)F)cc8C7=O)c6)C(F)(F)F)ccc4O)C5=O)(C(F)(F)F)C(F)(F)F)cc3C2=O)c1. The van der Waals surface area contributed by atoms with Crippen LogP contribution >= 0.6 is 0 Å². The van der Waals surface area contributed by atoms with Crippen LogP contribution in [0.4, 0.5) is 88.6 Å². The van der Waals surface area contributed by atoms with Crippen molar-refractivity contribution >= 4 is 76.0 Å². The van der Waals surface area contributed by atoms with Crippen molar-refractivity contribution in [2.24, 2.45) is 0 Å². The maximum absolute atomic E-state index is 16.0. The summed E-state index contributed by atoms with van der Waals surface area (Å²) in [4.78, 5) is 124. The summed E-state index contributed by atoms with van der Waals surface area (Å²) < 4.78 is 241. The Hall–Kier alpha value is -11.1. The van der Waals surface area contributed by atoms with Gasteiger partial charge in [-0.05, 0) is 144 Å². The van der Waals surface area contributed by atoms with Crippen molar-refractivity contribution in [3.05, 3.63) is 211 Å². The minimum Gasteiger partial charge on any atom is -0.506 e. The van der Waals surface area contributed by atoms with Crippen LogP contribution in [0.25, 0.3) is 0 Å². The molecule has 514 valence electrons. The summed E-state index contributed by atoms with van der Waals surface area (Å²) in [5.74, 6) is -15.5. The highest BCUT2D eigenvalue weighted by Crippen LogP contribution is 2.60. The predicted molar refractivity (Wildman–Crippen MR) is 313 cm³/mol. The standard InChI is InChI=1S/C66H42F15N5O13/c1-59(62(67,68)69,30-10-16-48(88)46(26-30)85-53(93)40-14-8-34(24-44(40)56(85)96)60(63(70,71)72,64(73,74)75)32-6-12-38-42(22-32)51(91)83(3)50(38)90)31-11-17-49(89)47(27-31)86-54(94)41-15-9-35(25-45(41)57(86)97)61(65(76,77)78,66(79,80)81)33-7-13-39-43(23-33)55(95)84(52(39)92)37-21-29(20-36(28-37)82-2)58(98)99-19-5-4-18-87/h6-17,20-28,82,87-89H,4-5,18-19H2,1-3H3. The molecule has 0 saturated carbocycles. The van der Waals surface area contributed by atoms with Gasteiger partial charge >= 0.3 is 36.9 Å². The van der Waals surface area contributed by atoms with E-state index in [1.54, 1.807) is 0 Å². The van der Waals surface area contributed by atoms with Crippen LogP contribution < -0.4 is 20.0 Å². The van der Waals surface area contributed by atoms with Gasteiger partial charge in [-0.2, -0.15) is 65.9 Å². The number of phenols is 2. The molecular weight excluding hydrogens is 1360 g/mol.